The first-order valence-corrected chi connectivity index (χ1v) is 10.1. The number of halogens is 1. The molecule has 1 amide bonds. The van der Waals surface area contributed by atoms with Crippen molar-refractivity contribution in [2.45, 2.75) is 11.3 Å². The Hall–Kier alpha value is -2.59. The average Bonchev–Trinajstić information content (AvgIpc) is 3.20. The Labute approximate surface area is 163 Å². The van der Waals surface area contributed by atoms with Crippen molar-refractivity contribution in [2.75, 3.05) is 12.3 Å². The number of thioether (sulfide) groups is 1. The van der Waals surface area contributed by atoms with Crippen molar-refractivity contribution in [3.63, 3.8) is 0 Å². The summed E-state index contributed by atoms with van der Waals surface area (Å²) in [6, 6.07) is 26.3. The second-order valence-corrected chi connectivity index (χ2v) is 7.75. The summed E-state index contributed by atoms with van der Waals surface area (Å²) in [6.07, 6.45) is 0. The zero-order valence-electron chi connectivity index (χ0n) is 14.8. The van der Waals surface area contributed by atoms with Gasteiger partial charge in [0.2, 0.25) is 5.91 Å². The molecule has 0 N–H and O–H groups in total. The fourth-order valence-corrected chi connectivity index (χ4v) is 4.82. The normalized spacial score (nSPS) is 16.7. The van der Waals surface area contributed by atoms with Crippen LogP contribution in [0.1, 0.15) is 28.0 Å². The van der Waals surface area contributed by atoms with Crippen LogP contribution >= 0.6 is 11.8 Å². The Kier molecular flexibility index (Phi) is 5.26. The van der Waals surface area contributed by atoms with Gasteiger partial charge in [0.25, 0.3) is 0 Å². The maximum Gasteiger partial charge on any atom is 0.235 e. The van der Waals surface area contributed by atoms with Gasteiger partial charge in [-0.3, -0.25) is 4.79 Å². The van der Waals surface area contributed by atoms with E-state index in [0.29, 0.717) is 6.54 Å². The minimum absolute atomic E-state index is 0.0617. The molecule has 4 rings (SSSR count). The predicted molar refractivity (Wildman–Crippen MR) is 108 cm³/mol. The van der Waals surface area contributed by atoms with E-state index in [0.717, 1.165) is 22.4 Å². The first kappa shape index (κ1) is 17.8. The fourth-order valence-electron chi connectivity index (χ4n) is 3.57. The van der Waals surface area contributed by atoms with E-state index in [1.54, 1.807) is 17.8 Å². The Morgan fingerprint density at radius 1 is 0.926 bits per heavy atom. The highest BCUT2D eigenvalue weighted by molar-refractivity contribution is 7.99. The average molecular weight is 377 g/mol. The maximum atomic E-state index is 13.7. The molecule has 1 fully saturated rings. The lowest BCUT2D eigenvalue weighted by atomic mass is 9.90. The second-order valence-electron chi connectivity index (χ2n) is 6.56. The lowest BCUT2D eigenvalue weighted by molar-refractivity contribution is -0.132. The quantitative estimate of drug-likeness (QED) is 0.620. The molecule has 0 radical (unpaired) electrons. The predicted octanol–water partition coefficient (Wildman–Crippen LogP) is 5.23. The van der Waals surface area contributed by atoms with Crippen LogP contribution in [0.5, 0.6) is 0 Å². The van der Waals surface area contributed by atoms with Crippen LogP contribution in [0.2, 0.25) is 0 Å². The van der Waals surface area contributed by atoms with Gasteiger partial charge < -0.3 is 4.90 Å². The van der Waals surface area contributed by atoms with Crippen LogP contribution in [-0.2, 0) is 4.79 Å². The van der Waals surface area contributed by atoms with Crippen molar-refractivity contribution in [3.8, 4) is 0 Å². The largest absolute Gasteiger partial charge is 0.325 e. The molecular formula is C23H20FNOS. The van der Waals surface area contributed by atoms with E-state index < -0.39 is 0 Å². The standard InChI is InChI=1S/C23H20FNOS/c24-20-13-7-12-19(16-20)23-25(14-15-27-23)22(26)21(17-8-3-1-4-9-17)18-10-5-2-6-11-18/h1-13,16,21,23H,14-15H2/t23-/m1/s1. The third-order valence-electron chi connectivity index (χ3n) is 4.82. The van der Waals surface area contributed by atoms with Crippen LogP contribution in [-0.4, -0.2) is 23.1 Å². The summed E-state index contributed by atoms with van der Waals surface area (Å²) in [6.45, 7) is 0.668. The molecule has 0 aliphatic carbocycles. The summed E-state index contributed by atoms with van der Waals surface area (Å²) in [4.78, 5) is 15.5. The fraction of sp³-hybridized carbons (Fsp3) is 0.174. The molecule has 1 saturated heterocycles. The molecule has 0 bridgehead atoms. The van der Waals surface area contributed by atoms with E-state index in [1.165, 1.54) is 12.1 Å². The van der Waals surface area contributed by atoms with Gasteiger partial charge in [-0.25, -0.2) is 4.39 Å². The van der Waals surface area contributed by atoms with Crippen LogP contribution in [0.3, 0.4) is 0 Å². The van der Waals surface area contributed by atoms with Crippen LogP contribution in [0.25, 0.3) is 0 Å². The number of hydrogen-bond donors (Lipinski definition) is 0. The van der Waals surface area contributed by atoms with Crippen molar-refractivity contribution in [2.24, 2.45) is 0 Å². The molecule has 2 nitrogen and oxygen atoms in total. The summed E-state index contributed by atoms with van der Waals surface area (Å²) < 4.78 is 13.7. The third-order valence-corrected chi connectivity index (χ3v) is 6.08. The molecule has 136 valence electrons. The monoisotopic (exact) mass is 377 g/mol. The van der Waals surface area contributed by atoms with E-state index >= 15 is 0 Å². The Balaban J connectivity index is 1.71. The molecule has 1 heterocycles. The number of carbonyl (C=O) groups is 1. The molecule has 0 aromatic heterocycles. The zero-order chi connectivity index (χ0) is 18.6. The lowest BCUT2D eigenvalue weighted by Crippen LogP contribution is -2.35. The van der Waals surface area contributed by atoms with Crippen LogP contribution in [0, 0.1) is 5.82 Å². The Bertz CT molecular complexity index is 876. The van der Waals surface area contributed by atoms with Gasteiger partial charge in [0.05, 0.1) is 5.92 Å². The van der Waals surface area contributed by atoms with Crippen molar-refractivity contribution in [3.05, 3.63) is 107 Å². The summed E-state index contributed by atoms with van der Waals surface area (Å²) in [5, 5.41) is -0.150. The topological polar surface area (TPSA) is 20.3 Å². The first-order chi connectivity index (χ1) is 13.2. The number of hydrogen-bond acceptors (Lipinski definition) is 2. The molecule has 1 aliphatic heterocycles. The van der Waals surface area contributed by atoms with E-state index in [-0.39, 0.29) is 23.0 Å². The molecule has 4 heteroatoms. The Morgan fingerprint density at radius 2 is 1.56 bits per heavy atom. The number of rotatable bonds is 4. The number of carbonyl (C=O) groups excluding carboxylic acids is 1. The first-order valence-electron chi connectivity index (χ1n) is 9.01. The molecular weight excluding hydrogens is 357 g/mol. The summed E-state index contributed by atoms with van der Waals surface area (Å²) >= 11 is 1.69. The number of amides is 1. The molecule has 27 heavy (non-hydrogen) atoms. The number of benzene rings is 3. The lowest BCUT2D eigenvalue weighted by Gasteiger charge is -2.29. The summed E-state index contributed by atoms with van der Waals surface area (Å²) in [5.74, 6) is 0.285. The van der Waals surface area contributed by atoms with Gasteiger partial charge >= 0.3 is 0 Å². The highest BCUT2D eigenvalue weighted by Crippen LogP contribution is 2.41. The SMILES string of the molecule is O=C(C(c1ccccc1)c1ccccc1)N1CCS[C@@H]1c1cccc(F)c1. The second kappa shape index (κ2) is 7.97. The third kappa shape index (κ3) is 3.76. The smallest absolute Gasteiger partial charge is 0.235 e. The van der Waals surface area contributed by atoms with Gasteiger partial charge in [-0.1, -0.05) is 72.8 Å². The molecule has 1 atom stereocenters. The van der Waals surface area contributed by atoms with E-state index in [2.05, 4.69) is 0 Å². The number of nitrogens with zero attached hydrogens (tertiary/aromatic N) is 1. The molecule has 3 aromatic carbocycles. The van der Waals surface area contributed by atoms with Crippen molar-refractivity contribution in [1.82, 2.24) is 4.90 Å². The molecule has 0 saturated carbocycles. The van der Waals surface area contributed by atoms with E-state index in [9.17, 15) is 9.18 Å². The van der Waals surface area contributed by atoms with Crippen LogP contribution < -0.4 is 0 Å². The van der Waals surface area contributed by atoms with E-state index in [4.69, 9.17) is 0 Å². The van der Waals surface area contributed by atoms with Gasteiger partial charge in [-0.15, -0.1) is 11.8 Å². The minimum Gasteiger partial charge on any atom is -0.325 e. The zero-order valence-corrected chi connectivity index (χ0v) is 15.6. The summed E-state index contributed by atoms with van der Waals surface area (Å²) in [5.41, 5.74) is 2.79. The van der Waals surface area contributed by atoms with E-state index in [1.807, 2.05) is 71.6 Å². The molecule has 1 aliphatic rings. The minimum atomic E-state index is -0.359. The summed E-state index contributed by atoms with van der Waals surface area (Å²) in [7, 11) is 0. The van der Waals surface area contributed by atoms with Crippen LogP contribution in [0.15, 0.2) is 84.9 Å². The van der Waals surface area contributed by atoms with Gasteiger partial charge in [-0.05, 0) is 28.8 Å². The molecule has 0 spiro atoms. The van der Waals surface area contributed by atoms with Crippen molar-refractivity contribution < 1.29 is 9.18 Å². The molecule has 3 aromatic rings. The Morgan fingerprint density at radius 3 is 2.15 bits per heavy atom. The van der Waals surface area contributed by atoms with Crippen molar-refractivity contribution in [1.29, 1.82) is 0 Å². The molecule has 0 unspecified atom stereocenters. The maximum absolute atomic E-state index is 13.7. The van der Waals surface area contributed by atoms with Gasteiger partial charge in [-0.2, -0.15) is 0 Å². The highest BCUT2D eigenvalue weighted by atomic mass is 32.2. The van der Waals surface area contributed by atoms with Gasteiger partial charge in [0.1, 0.15) is 11.2 Å². The van der Waals surface area contributed by atoms with Gasteiger partial charge in [0, 0.05) is 12.3 Å². The highest BCUT2D eigenvalue weighted by Gasteiger charge is 2.35. The van der Waals surface area contributed by atoms with Crippen LogP contribution in [0.4, 0.5) is 4.39 Å². The van der Waals surface area contributed by atoms with Crippen molar-refractivity contribution >= 4 is 17.7 Å². The van der Waals surface area contributed by atoms with Gasteiger partial charge in [0.15, 0.2) is 0 Å².